The highest BCUT2D eigenvalue weighted by Crippen LogP contribution is 2.53. The number of aromatic amines is 1. The van der Waals surface area contributed by atoms with Crippen molar-refractivity contribution in [1.82, 2.24) is 4.98 Å². The normalized spacial score (nSPS) is 30.1. The van der Waals surface area contributed by atoms with Crippen molar-refractivity contribution in [3.05, 3.63) is 33.7 Å². The molecule has 21 heavy (non-hydrogen) atoms. The van der Waals surface area contributed by atoms with E-state index in [-0.39, 0.29) is 29.1 Å². The number of fused-ring (bicyclic) bond motifs is 1. The van der Waals surface area contributed by atoms with Crippen molar-refractivity contribution in [3.8, 4) is 0 Å². The van der Waals surface area contributed by atoms with Crippen LogP contribution in [0, 0.1) is 18.3 Å². The Morgan fingerprint density at radius 2 is 2.19 bits per heavy atom. The molecule has 0 unspecified atom stereocenters. The minimum Gasteiger partial charge on any atom is -0.458 e. The molecule has 5 nitrogen and oxygen atoms in total. The molecule has 0 aromatic carbocycles. The van der Waals surface area contributed by atoms with Crippen molar-refractivity contribution in [1.29, 1.82) is 0 Å². The molecule has 0 bridgehead atoms. The molecular formula is C16H21NO4. The highest BCUT2D eigenvalue weighted by molar-refractivity contribution is 5.89. The Hall–Kier alpha value is -1.62. The van der Waals surface area contributed by atoms with Crippen molar-refractivity contribution in [2.24, 2.45) is 11.3 Å². The van der Waals surface area contributed by atoms with Crippen LogP contribution in [-0.4, -0.2) is 29.8 Å². The summed E-state index contributed by atoms with van der Waals surface area (Å²) < 4.78 is 11.4. The standard InChI is InChI=1S/C16H21NO4/c1-9-6-7-11(14(18)17-9)15(19)21-13-10-5-4-8-20-12(10)16(13,2)3/h6-7,10,12-13H,4-5,8H2,1-3H3,(H,17,18)/t10-,12+,13-/m1/s1. The van der Waals surface area contributed by atoms with Crippen molar-refractivity contribution >= 4 is 5.97 Å². The van der Waals surface area contributed by atoms with E-state index in [1.807, 2.05) is 0 Å². The second-order valence-electron chi connectivity index (χ2n) is 6.63. The van der Waals surface area contributed by atoms with Crippen molar-refractivity contribution in [2.75, 3.05) is 6.61 Å². The van der Waals surface area contributed by atoms with E-state index in [1.165, 1.54) is 6.07 Å². The maximum atomic E-state index is 12.3. The fraction of sp³-hybridized carbons (Fsp3) is 0.625. The summed E-state index contributed by atoms with van der Waals surface area (Å²) in [6.07, 6.45) is 1.98. The zero-order valence-electron chi connectivity index (χ0n) is 12.6. The molecule has 1 saturated carbocycles. The second-order valence-corrected chi connectivity index (χ2v) is 6.63. The maximum Gasteiger partial charge on any atom is 0.344 e. The highest BCUT2D eigenvalue weighted by Gasteiger charge is 2.60. The summed E-state index contributed by atoms with van der Waals surface area (Å²) in [5.41, 5.74) is 0.199. The molecule has 114 valence electrons. The molecule has 1 aromatic heterocycles. The maximum absolute atomic E-state index is 12.3. The van der Waals surface area contributed by atoms with Crippen LogP contribution in [0.4, 0.5) is 0 Å². The minimum absolute atomic E-state index is 0.0663. The number of ether oxygens (including phenoxy) is 2. The SMILES string of the molecule is Cc1ccc(C(=O)O[C@@H]2[C@@H]3CCCO[C@@H]3C2(C)C)c(=O)[nH]1. The lowest BCUT2D eigenvalue weighted by Gasteiger charge is -2.58. The number of esters is 1. The first-order valence-corrected chi connectivity index (χ1v) is 7.44. The zero-order valence-corrected chi connectivity index (χ0v) is 12.6. The number of carbonyl (C=O) groups excluding carboxylic acids is 1. The van der Waals surface area contributed by atoms with Gasteiger partial charge < -0.3 is 14.5 Å². The van der Waals surface area contributed by atoms with Gasteiger partial charge in [0, 0.05) is 23.6 Å². The summed E-state index contributed by atoms with van der Waals surface area (Å²) in [7, 11) is 0. The average molecular weight is 291 g/mol. The lowest BCUT2D eigenvalue weighted by Crippen LogP contribution is -2.65. The molecule has 0 spiro atoms. The molecule has 2 fully saturated rings. The summed E-state index contributed by atoms with van der Waals surface area (Å²) >= 11 is 0. The molecule has 1 aliphatic heterocycles. The van der Waals surface area contributed by atoms with Crippen LogP contribution in [0.25, 0.3) is 0 Å². The summed E-state index contributed by atoms with van der Waals surface area (Å²) in [5, 5.41) is 0. The summed E-state index contributed by atoms with van der Waals surface area (Å²) in [5.74, 6) is -0.291. The van der Waals surface area contributed by atoms with Gasteiger partial charge in [0.15, 0.2) is 0 Å². The first-order chi connectivity index (χ1) is 9.91. The Bertz CT molecular complexity index is 619. The van der Waals surface area contributed by atoms with Gasteiger partial charge in [-0.05, 0) is 31.9 Å². The van der Waals surface area contributed by atoms with E-state index in [4.69, 9.17) is 9.47 Å². The van der Waals surface area contributed by atoms with E-state index < -0.39 is 11.5 Å². The van der Waals surface area contributed by atoms with Crippen LogP contribution in [0.2, 0.25) is 0 Å². The topological polar surface area (TPSA) is 68.4 Å². The lowest BCUT2D eigenvalue weighted by molar-refractivity contribution is -0.243. The number of hydrogen-bond donors (Lipinski definition) is 1. The summed E-state index contributed by atoms with van der Waals surface area (Å²) in [6.45, 7) is 6.66. The van der Waals surface area contributed by atoms with Crippen molar-refractivity contribution in [3.63, 3.8) is 0 Å². The Morgan fingerprint density at radius 3 is 2.90 bits per heavy atom. The number of aryl methyl sites for hydroxylation is 1. The van der Waals surface area contributed by atoms with Gasteiger partial charge in [-0.3, -0.25) is 4.79 Å². The molecule has 3 atom stereocenters. The zero-order chi connectivity index (χ0) is 15.2. The number of hydrogen-bond acceptors (Lipinski definition) is 4. The van der Waals surface area contributed by atoms with Gasteiger partial charge in [-0.25, -0.2) is 4.79 Å². The van der Waals surface area contributed by atoms with Gasteiger partial charge in [-0.15, -0.1) is 0 Å². The van der Waals surface area contributed by atoms with Crippen LogP contribution in [-0.2, 0) is 9.47 Å². The molecule has 3 rings (SSSR count). The van der Waals surface area contributed by atoms with Crippen LogP contribution in [0.5, 0.6) is 0 Å². The van der Waals surface area contributed by atoms with Gasteiger partial charge in [0.25, 0.3) is 5.56 Å². The Labute approximate surface area is 123 Å². The van der Waals surface area contributed by atoms with Crippen LogP contribution in [0.3, 0.4) is 0 Å². The van der Waals surface area contributed by atoms with E-state index in [0.29, 0.717) is 0 Å². The third kappa shape index (κ3) is 2.29. The van der Waals surface area contributed by atoms with Crippen LogP contribution < -0.4 is 5.56 Å². The van der Waals surface area contributed by atoms with Gasteiger partial charge in [-0.1, -0.05) is 13.8 Å². The van der Waals surface area contributed by atoms with Crippen molar-refractivity contribution < 1.29 is 14.3 Å². The molecule has 0 radical (unpaired) electrons. The Balaban J connectivity index is 1.77. The number of rotatable bonds is 2. The van der Waals surface area contributed by atoms with Gasteiger partial charge in [0.05, 0.1) is 6.10 Å². The number of nitrogens with one attached hydrogen (secondary N) is 1. The largest absolute Gasteiger partial charge is 0.458 e. The van der Waals surface area contributed by atoms with Crippen molar-refractivity contribution in [2.45, 2.75) is 45.8 Å². The number of H-pyrrole nitrogens is 1. The van der Waals surface area contributed by atoms with Gasteiger partial charge >= 0.3 is 5.97 Å². The quantitative estimate of drug-likeness (QED) is 0.847. The lowest BCUT2D eigenvalue weighted by atomic mass is 9.57. The fourth-order valence-electron chi connectivity index (χ4n) is 3.63. The molecule has 1 aromatic rings. The first-order valence-electron chi connectivity index (χ1n) is 7.44. The highest BCUT2D eigenvalue weighted by atomic mass is 16.6. The molecule has 1 aliphatic carbocycles. The number of aromatic nitrogens is 1. The molecule has 2 aliphatic rings. The van der Waals surface area contributed by atoms with Crippen LogP contribution in [0.15, 0.2) is 16.9 Å². The Kier molecular flexibility index (Phi) is 3.40. The van der Waals surface area contributed by atoms with Gasteiger partial charge in [-0.2, -0.15) is 0 Å². The average Bonchev–Trinajstić information content (AvgIpc) is 2.44. The number of carbonyl (C=O) groups is 1. The third-order valence-electron chi connectivity index (χ3n) is 4.73. The molecule has 5 heteroatoms. The summed E-state index contributed by atoms with van der Waals surface area (Å²) in [4.78, 5) is 26.7. The monoisotopic (exact) mass is 291 g/mol. The minimum atomic E-state index is -0.543. The van der Waals surface area contributed by atoms with Crippen LogP contribution >= 0.6 is 0 Å². The molecule has 2 heterocycles. The van der Waals surface area contributed by atoms with E-state index in [2.05, 4.69) is 18.8 Å². The number of pyridine rings is 1. The summed E-state index contributed by atoms with van der Waals surface area (Å²) in [6, 6.07) is 3.23. The molecular weight excluding hydrogens is 270 g/mol. The third-order valence-corrected chi connectivity index (χ3v) is 4.73. The van der Waals surface area contributed by atoms with E-state index >= 15 is 0 Å². The molecule has 1 saturated heterocycles. The van der Waals surface area contributed by atoms with Gasteiger partial charge in [0.1, 0.15) is 11.7 Å². The predicted molar refractivity (Wildman–Crippen MR) is 77.2 cm³/mol. The van der Waals surface area contributed by atoms with E-state index in [1.54, 1.807) is 13.0 Å². The fourth-order valence-corrected chi connectivity index (χ4v) is 3.63. The Morgan fingerprint density at radius 1 is 1.43 bits per heavy atom. The van der Waals surface area contributed by atoms with E-state index in [0.717, 1.165) is 25.1 Å². The smallest absolute Gasteiger partial charge is 0.344 e. The van der Waals surface area contributed by atoms with Crippen LogP contribution in [0.1, 0.15) is 42.7 Å². The second kappa shape index (κ2) is 4.98. The van der Waals surface area contributed by atoms with E-state index in [9.17, 15) is 9.59 Å². The molecule has 1 N–H and O–H groups in total. The predicted octanol–water partition coefficient (Wildman–Crippen LogP) is 2.04. The van der Waals surface area contributed by atoms with Gasteiger partial charge in [0.2, 0.25) is 0 Å². The first kappa shape index (κ1) is 14.3. The molecule has 0 amide bonds.